The smallest absolute Gasteiger partial charge is 0.265 e. The van der Waals surface area contributed by atoms with E-state index in [1.807, 2.05) is 13.8 Å². The number of hydrogen-bond donors (Lipinski definition) is 1. The van der Waals surface area contributed by atoms with Gasteiger partial charge in [-0.1, -0.05) is 11.6 Å². The summed E-state index contributed by atoms with van der Waals surface area (Å²) in [5.41, 5.74) is 3.02. The van der Waals surface area contributed by atoms with Crippen molar-refractivity contribution in [1.82, 2.24) is 0 Å². The third-order valence-corrected chi connectivity index (χ3v) is 4.25. The molecule has 1 amide bonds. The number of carbonyl (C=O) groups excluding carboxylic acids is 2. The molecule has 0 saturated heterocycles. The van der Waals surface area contributed by atoms with E-state index in [9.17, 15) is 9.59 Å². The molecule has 126 valence electrons. The molecule has 2 rings (SSSR count). The van der Waals surface area contributed by atoms with Gasteiger partial charge < -0.3 is 10.1 Å². The van der Waals surface area contributed by atoms with Crippen molar-refractivity contribution < 1.29 is 14.3 Å². The van der Waals surface area contributed by atoms with Crippen molar-refractivity contribution in [2.75, 3.05) is 5.32 Å². The van der Waals surface area contributed by atoms with Crippen LogP contribution >= 0.6 is 11.6 Å². The first-order chi connectivity index (χ1) is 11.3. The van der Waals surface area contributed by atoms with Gasteiger partial charge in [-0.3, -0.25) is 9.59 Å². The van der Waals surface area contributed by atoms with E-state index in [0.717, 1.165) is 11.1 Å². The van der Waals surface area contributed by atoms with Crippen LogP contribution in [0.15, 0.2) is 36.4 Å². The highest BCUT2D eigenvalue weighted by atomic mass is 35.5. The number of amides is 1. The van der Waals surface area contributed by atoms with Crippen molar-refractivity contribution in [2.24, 2.45) is 0 Å². The van der Waals surface area contributed by atoms with E-state index in [-0.39, 0.29) is 11.7 Å². The van der Waals surface area contributed by atoms with Crippen molar-refractivity contribution in [1.29, 1.82) is 0 Å². The summed E-state index contributed by atoms with van der Waals surface area (Å²) in [4.78, 5) is 23.5. The Hall–Kier alpha value is -2.33. The van der Waals surface area contributed by atoms with Crippen LogP contribution in [0.25, 0.3) is 0 Å². The summed E-state index contributed by atoms with van der Waals surface area (Å²) in [5.74, 6) is 0.317. The van der Waals surface area contributed by atoms with Gasteiger partial charge in [-0.25, -0.2) is 0 Å². The summed E-state index contributed by atoms with van der Waals surface area (Å²) >= 11 is 6.13. The minimum absolute atomic E-state index is 0.0157. The number of ketones is 1. The lowest BCUT2D eigenvalue weighted by atomic mass is 10.1. The molecule has 0 unspecified atom stereocenters. The van der Waals surface area contributed by atoms with E-state index in [4.69, 9.17) is 16.3 Å². The van der Waals surface area contributed by atoms with Crippen molar-refractivity contribution >= 4 is 29.0 Å². The lowest BCUT2D eigenvalue weighted by Crippen LogP contribution is -2.30. The predicted molar refractivity (Wildman–Crippen MR) is 96.1 cm³/mol. The van der Waals surface area contributed by atoms with Crippen LogP contribution in [0.2, 0.25) is 5.02 Å². The molecule has 0 aliphatic heterocycles. The predicted octanol–water partition coefficient (Wildman–Crippen LogP) is 4.57. The molecule has 2 aromatic carbocycles. The van der Waals surface area contributed by atoms with Crippen LogP contribution < -0.4 is 10.1 Å². The standard InChI is InChI=1S/C19H20ClNO3/c1-11-9-17(10-12(2)18(11)20)24-14(4)19(23)21-16-7-5-15(6-8-16)13(3)22/h5-10,14H,1-4H3,(H,21,23)/t14-/m0/s1. The van der Waals surface area contributed by atoms with Gasteiger partial charge in [0.25, 0.3) is 5.91 Å². The van der Waals surface area contributed by atoms with Crippen LogP contribution in [0.5, 0.6) is 5.75 Å². The highest BCUT2D eigenvalue weighted by Crippen LogP contribution is 2.26. The molecule has 0 heterocycles. The normalized spacial score (nSPS) is 11.7. The van der Waals surface area contributed by atoms with Gasteiger partial charge in [0.1, 0.15) is 5.75 Å². The second-order valence-electron chi connectivity index (χ2n) is 5.75. The van der Waals surface area contributed by atoms with Crippen LogP contribution in [-0.4, -0.2) is 17.8 Å². The lowest BCUT2D eigenvalue weighted by molar-refractivity contribution is -0.122. The Labute approximate surface area is 146 Å². The second-order valence-corrected chi connectivity index (χ2v) is 6.13. The number of ether oxygens (including phenoxy) is 1. The molecule has 0 radical (unpaired) electrons. The molecule has 0 aliphatic carbocycles. The monoisotopic (exact) mass is 345 g/mol. The molecular formula is C19H20ClNO3. The van der Waals surface area contributed by atoms with Gasteiger partial charge in [0.2, 0.25) is 0 Å². The van der Waals surface area contributed by atoms with Crippen LogP contribution in [0.1, 0.15) is 35.3 Å². The lowest BCUT2D eigenvalue weighted by Gasteiger charge is -2.16. The fourth-order valence-corrected chi connectivity index (χ4v) is 2.37. The average Bonchev–Trinajstić information content (AvgIpc) is 2.52. The minimum Gasteiger partial charge on any atom is -0.481 e. The molecule has 2 aromatic rings. The zero-order chi connectivity index (χ0) is 17.9. The van der Waals surface area contributed by atoms with Crippen LogP contribution in [-0.2, 0) is 4.79 Å². The molecule has 0 fully saturated rings. The molecule has 1 N–H and O–H groups in total. The Morgan fingerprint density at radius 3 is 2.12 bits per heavy atom. The third kappa shape index (κ3) is 4.36. The first-order valence-corrected chi connectivity index (χ1v) is 8.01. The zero-order valence-electron chi connectivity index (χ0n) is 14.1. The van der Waals surface area contributed by atoms with Gasteiger partial charge in [-0.15, -0.1) is 0 Å². The van der Waals surface area contributed by atoms with E-state index in [1.165, 1.54) is 6.92 Å². The van der Waals surface area contributed by atoms with Gasteiger partial charge in [-0.05, 0) is 75.2 Å². The number of Topliss-reactive ketones (excluding diaryl/α,β-unsaturated/α-hetero) is 1. The molecule has 0 aromatic heterocycles. The third-order valence-electron chi connectivity index (χ3n) is 3.65. The molecule has 0 aliphatic rings. The van der Waals surface area contributed by atoms with E-state index in [0.29, 0.717) is 22.0 Å². The SMILES string of the molecule is CC(=O)c1ccc(NC(=O)[C@H](C)Oc2cc(C)c(Cl)c(C)c2)cc1. The molecule has 4 nitrogen and oxygen atoms in total. The van der Waals surface area contributed by atoms with Gasteiger partial charge >= 0.3 is 0 Å². The maximum atomic E-state index is 12.2. The maximum absolute atomic E-state index is 12.2. The van der Waals surface area contributed by atoms with Gasteiger partial charge in [0.15, 0.2) is 11.9 Å². The summed E-state index contributed by atoms with van der Waals surface area (Å²) in [6, 6.07) is 10.3. The number of rotatable bonds is 5. The first kappa shape index (κ1) is 18.0. The molecule has 0 spiro atoms. The second kappa shape index (κ2) is 7.49. The average molecular weight is 346 g/mol. The summed E-state index contributed by atoms with van der Waals surface area (Å²) in [6.45, 7) is 6.96. The van der Waals surface area contributed by atoms with Crippen molar-refractivity contribution in [3.63, 3.8) is 0 Å². The summed E-state index contributed by atoms with van der Waals surface area (Å²) in [6.07, 6.45) is -0.669. The Balaban J connectivity index is 2.03. The molecule has 24 heavy (non-hydrogen) atoms. The number of hydrogen-bond acceptors (Lipinski definition) is 3. The summed E-state index contributed by atoms with van der Waals surface area (Å²) in [7, 11) is 0. The van der Waals surface area contributed by atoms with Crippen LogP contribution in [0.3, 0.4) is 0 Å². The zero-order valence-corrected chi connectivity index (χ0v) is 14.9. The van der Waals surface area contributed by atoms with Gasteiger partial charge in [-0.2, -0.15) is 0 Å². The van der Waals surface area contributed by atoms with Crippen molar-refractivity contribution in [3.05, 3.63) is 58.1 Å². The number of aryl methyl sites for hydroxylation is 2. The fourth-order valence-electron chi connectivity index (χ4n) is 2.26. The number of benzene rings is 2. The number of halogens is 1. The molecule has 0 bridgehead atoms. The van der Waals surface area contributed by atoms with Gasteiger partial charge in [0.05, 0.1) is 0 Å². The van der Waals surface area contributed by atoms with Crippen molar-refractivity contribution in [2.45, 2.75) is 33.8 Å². The molecule has 1 atom stereocenters. The summed E-state index contributed by atoms with van der Waals surface area (Å²) < 4.78 is 5.70. The van der Waals surface area contributed by atoms with E-state index in [1.54, 1.807) is 43.3 Å². The molecule has 0 saturated carbocycles. The highest BCUT2D eigenvalue weighted by molar-refractivity contribution is 6.32. The Kier molecular flexibility index (Phi) is 5.62. The number of anilines is 1. The first-order valence-electron chi connectivity index (χ1n) is 7.63. The van der Waals surface area contributed by atoms with Crippen LogP contribution in [0, 0.1) is 13.8 Å². The van der Waals surface area contributed by atoms with E-state index >= 15 is 0 Å². The summed E-state index contributed by atoms with van der Waals surface area (Å²) in [5, 5.41) is 3.47. The Morgan fingerprint density at radius 2 is 1.62 bits per heavy atom. The highest BCUT2D eigenvalue weighted by Gasteiger charge is 2.16. The fraction of sp³-hybridized carbons (Fsp3) is 0.263. The topological polar surface area (TPSA) is 55.4 Å². The van der Waals surface area contributed by atoms with Gasteiger partial charge in [0, 0.05) is 16.3 Å². The number of carbonyl (C=O) groups is 2. The quantitative estimate of drug-likeness (QED) is 0.808. The molecule has 5 heteroatoms. The number of nitrogens with one attached hydrogen (secondary N) is 1. The van der Waals surface area contributed by atoms with E-state index < -0.39 is 6.10 Å². The minimum atomic E-state index is -0.669. The molecular weight excluding hydrogens is 326 g/mol. The van der Waals surface area contributed by atoms with Crippen molar-refractivity contribution in [3.8, 4) is 5.75 Å². The largest absolute Gasteiger partial charge is 0.481 e. The Bertz CT molecular complexity index is 746. The Morgan fingerprint density at radius 1 is 1.08 bits per heavy atom. The van der Waals surface area contributed by atoms with E-state index in [2.05, 4.69) is 5.32 Å². The maximum Gasteiger partial charge on any atom is 0.265 e. The van der Waals surface area contributed by atoms with Crippen LogP contribution in [0.4, 0.5) is 5.69 Å².